The zero-order chi connectivity index (χ0) is 10.6. The number of hydrogen-bond donors (Lipinski definition) is 0. The number of esters is 1. The number of hydrogen-bond acceptors (Lipinski definition) is 2. The molecule has 2 unspecified atom stereocenters. The van der Waals surface area contributed by atoms with Crippen molar-refractivity contribution in [2.75, 3.05) is 7.11 Å². The fourth-order valence-corrected chi connectivity index (χ4v) is 1.78. The minimum Gasteiger partial charge on any atom is -0.468 e. The third-order valence-corrected chi connectivity index (χ3v) is 3.51. The Bertz CT molecular complexity index is 302. The minimum atomic E-state index is -0.517. The molecule has 0 spiro atoms. The van der Waals surface area contributed by atoms with Gasteiger partial charge in [0.15, 0.2) is 0 Å². The second-order valence-electron chi connectivity index (χ2n) is 2.74. The van der Waals surface area contributed by atoms with E-state index in [0.29, 0.717) is 0 Å². The van der Waals surface area contributed by atoms with Crippen LogP contribution in [0, 0.1) is 0 Å². The quantitative estimate of drug-likeness (QED) is 0.627. The van der Waals surface area contributed by atoms with Crippen molar-refractivity contribution in [2.45, 2.75) is 10.2 Å². The Morgan fingerprint density at radius 3 is 2.50 bits per heavy atom. The van der Waals surface area contributed by atoms with E-state index in [0.717, 1.165) is 5.56 Å². The summed E-state index contributed by atoms with van der Waals surface area (Å²) in [5.74, 6) is -0.367. The van der Waals surface area contributed by atoms with Crippen LogP contribution in [0.4, 0.5) is 0 Å². The first kappa shape index (κ1) is 11.5. The number of carbonyl (C=O) groups excluding carboxylic acids is 1. The fraction of sp³-hybridized carbons (Fsp3) is 0.300. The molecule has 0 fully saturated rings. The highest BCUT2D eigenvalue weighted by atomic mass is 79.9. The highest BCUT2D eigenvalue weighted by Gasteiger charge is 2.25. The summed E-state index contributed by atoms with van der Waals surface area (Å²) in [6.07, 6.45) is 0. The summed E-state index contributed by atoms with van der Waals surface area (Å²) in [6.45, 7) is 0. The van der Waals surface area contributed by atoms with Crippen LogP contribution < -0.4 is 0 Å². The molecule has 1 rings (SSSR count). The normalized spacial score (nSPS) is 14.5. The van der Waals surface area contributed by atoms with E-state index in [9.17, 15) is 4.79 Å². The van der Waals surface area contributed by atoms with Crippen LogP contribution in [-0.2, 0) is 9.53 Å². The molecule has 1 aromatic rings. The van der Waals surface area contributed by atoms with Crippen LogP contribution in [0.3, 0.4) is 0 Å². The van der Waals surface area contributed by atoms with Crippen molar-refractivity contribution in [3.8, 4) is 0 Å². The first-order chi connectivity index (χ1) is 6.66. The number of carbonyl (C=O) groups is 1. The summed E-state index contributed by atoms with van der Waals surface area (Å²) >= 11 is 9.28. The lowest BCUT2D eigenvalue weighted by molar-refractivity contribution is -0.139. The summed E-state index contributed by atoms with van der Waals surface area (Å²) in [5, 5.41) is -0.413. The molecule has 0 heterocycles. The lowest BCUT2D eigenvalue weighted by Gasteiger charge is -2.14. The molecule has 0 amide bonds. The van der Waals surface area contributed by atoms with Gasteiger partial charge >= 0.3 is 5.97 Å². The van der Waals surface area contributed by atoms with Crippen molar-refractivity contribution >= 4 is 33.5 Å². The molecule has 4 heteroatoms. The van der Waals surface area contributed by atoms with Crippen molar-refractivity contribution in [1.29, 1.82) is 0 Å². The van der Waals surface area contributed by atoms with E-state index in [2.05, 4.69) is 20.7 Å². The Kier molecular flexibility index (Phi) is 4.42. The second kappa shape index (κ2) is 5.37. The zero-order valence-corrected chi connectivity index (χ0v) is 9.96. The van der Waals surface area contributed by atoms with Crippen molar-refractivity contribution in [1.82, 2.24) is 0 Å². The lowest BCUT2D eigenvalue weighted by atomic mass is 10.1. The molecule has 14 heavy (non-hydrogen) atoms. The second-order valence-corrected chi connectivity index (χ2v) is 4.19. The third kappa shape index (κ3) is 2.72. The van der Waals surface area contributed by atoms with Crippen molar-refractivity contribution in [3.05, 3.63) is 35.9 Å². The van der Waals surface area contributed by atoms with Gasteiger partial charge in [-0.2, -0.15) is 0 Å². The molecule has 0 radical (unpaired) electrons. The third-order valence-electron chi connectivity index (χ3n) is 1.80. The molecule has 0 aliphatic heterocycles. The molecule has 2 nitrogen and oxygen atoms in total. The molecule has 0 N–H and O–H groups in total. The Labute approximate surface area is 96.3 Å². The van der Waals surface area contributed by atoms with E-state index in [1.165, 1.54) is 7.11 Å². The zero-order valence-electron chi connectivity index (χ0n) is 7.61. The molecule has 0 aromatic heterocycles. The lowest BCUT2D eigenvalue weighted by Crippen LogP contribution is -2.20. The predicted octanol–water partition coefficient (Wildman–Crippen LogP) is 2.90. The average Bonchev–Trinajstić information content (AvgIpc) is 2.27. The molecule has 0 saturated carbocycles. The summed E-state index contributed by atoms with van der Waals surface area (Å²) in [7, 11) is 1.34. The Morgan fingerprint density at radius 2 is 2.00 bits per heavy atom. The number of ether oxygens (including phenoxy) is 1. The van der Waals surface area contributed by atoms with E-state index < -0.39 is 10.2 Å². The summed E-state index contributed by atoms with van der Waals surface area (Å²) in [5.41, 5.74) is 0.890. The van der Waals surface area contributed by atoms with Crippen LogP contribution >= 0.6 is 27.5 Å². The molecule has 0 saturated heterocycles. The Hall–Kier alpha value is -0.540. The van der Waals surface area contributed by atoms with Crippen LogP contribution in [0.15, 0.2) is 30.3 Å². The standard InChI is InChI=1S/C10H10BrClO2/c1-14-10(13)8(11)9(12)7-5-3-2-4-6-7/h2-6,8-9H,1H3. The van der Waals surface area contributed by atoms with Crippen LogP contribution in [0.2, 0.25) is 0 Å². The monoisotopic (exact) mass is 276 g/mol. The van der Waals surface area contributed by atoms with Gasteiger partial charge in [-0.15, -0.1) is 11.6 Å². The van der Waals surface area contributed by atoms with Crippen molar-refractivity contribution < 1.29 is 9.53 Å². The van der Waals surface area contributed by atoms with E-state index >= 15 is 0 Å². The van der Waals surface area contributed by atoms with Gasteiger partial charge in [0.25, 0.3) is 0 Å². The number of halogens is 2. The molecule has 76 valence electrons. The topological polar surface area (TPSA) is 26.3 Å². The van der Waals surface area contributed by atoms with E-state index in [-0.39, 0.29) is 5.97 Å². The Morgan fingerprint density at radius 1 is 1.43 bits per heavy atom. The average molecular weight is 278 g/mol. The highest BCUT2D eigenvalue weighted by molar-refractivity contribution is 9.10. The van der Waals surface area contributed by atoms with E-state index in [1.54, 1.807) is 0 Å². The van der Waals surface area contributed by atoms with Gasteiger partial charge in [-0.3, -0.25) is 4.79 Å². The summed E-state index contributed by atoms with van der Waals surface area (Å²) < 4.78 is 4.58. The number of rotatable bonds is 3. The van der Waals surface area contributed by atoms with E-state index in [1.807, 2.05) is 30.3 Å². The maximum Gasteiger partial charge on any atom is 0.321 e. The molecular formula is C10H10BrClO2. The first-order valence-electron chi connectivity index (χ1n) is 4.07. The maximum atomic E-state index is 11.2. The molecule has 0 bridgehead atoms. The molecular weight excluding hydrogens is 267 g/mol. The minimum absolute atomic E-state index is 0.367. The highest BCUT2D eigenvalue weighted by Crippen LogP contribution is 2.29. The van der Waals surface area contributed by atoms with Gasteiger partial charge in [0.2, 0.25) is 0 Å². The summed E-state index contributed by atoms with van der Waals surface area (Å²) in [4.78, 5) is 10.7. The number of alkyl halides is 2. The maximum absolute atomic E-state index is 11.2. The largest absolute Gasteiger partial charge is 0.468 e. The molecule has 0 aliphatic rings. The smallest absolute Gasteiger partial charge is 0.321 e. The molecule has 2 atom stereocenters. The number of methoxy groups -OCH3 is 1. The van der Waals surface area contributed by atoms with Crippen LogP contribution in [0.25, 0.3) is 0 Å². The SMILES string of the molecule is COC(=O)C(Br)C(Cl)c1ccccc1. The predicted molar refractivity (Wildman–Crippen MR) is 59.8 cm³/mol. The Balaban J connectivity index is 2.75. The fourth-order valence-electron chi connectivity index (χ4n) is 1.04. The van der Waals surface area contributed by atoms with Gasteiger partial charge in [-0.25, -0.2) is 0 Å². The van der Waals surface area contributed by atoms with Gasteiger partial charge in [-0.05, 0) is 5.56 Å². The molecule has 1 aromatic carbocycles. The van der Waals surface area contributed by atoms with Crippen LogP contribution in [-0.4, -0.2) is 17.9 Å². The van der Waals surface area contributed by atoms with Gasteiger partial charge in [0.1, 0.15) is 4.83 Å². The molecule has 0 aliphatic carbocycles. The van der Waals surface area contributed by atoms with Crippen LogP contribution in [0.5, 0.6) is 0 Å². The van der Waals surface area contributed by atoms with Gasteiger partial charge < -0.3 is 4.74 Å². The van der Waals surface area contributed by atoms with Crippen molar-refractivity contribution in [3.63, 3.8) is 0 Å². The van der Waals surface area contributed by atoms with Crippen LogP contribution in [0.1, 0.15) is 10.9 Å². The van der Waals surface area contributed by atoms with Gasteiger partial charge in [0, 0.05) is 0 Å². The van der Waals surface area contributed by atoms with Gasteiger partial charge in [0.05, 0.1) is 12.5 Å². The summed E-state index contributed by atoms with van der Waals surface area (Å²) in [6, 6.07) is 9.39. The first-order valence-corrected chi connectivity index (χ1v) is 5.43. The van der Waals surface area contributed by atoms with Crippen molar-refractivity contribution in [2.24, 2.45) is 0 Å². The van der Waals surface area contributed by atoms with E-state index in [4.69, 9.17) is 11.6 Å². The number of benzene rings is 1. The van der Waals surface area contributed by atoms with Gasteiger partial charge in [-0.1, -0.05) is 46.3 Å².